The number of fused-ring (bicyclic) bond motifs is 1. The van der Waals surface area contributed by atoms with Crippen LogP contribution in [0, 0.1) is 6.92 Å². The van der Waals surface area contributed by atoms with Gasteiger partial charge in [-0.15, -0.1) is 0 Å². The summed E-state index contributed by atoms with van der Waals surface area (Å²) in [7, 11) is 1.58. The molecule has 2 aromatic rings. The van der Waals surface area contributed by atoms with Gasteiger partial charge in [0.15, 0.2) is 0 Å². The third kappa shape index (κ3) is 3.14. The van der Waals surface area contributed by atoms with Gasteiger partial charge in [-0.25, -0.2) is 4.79 Å². The normalized spacial score (nSPS) is 19.1. The lowest BCUT2D eigenvalue weighted by Crippen LogP contribution is -2.36. The zero-order valence-corrected chi connectivity index (χ0v) is 13.2. The van der Waals surface area contributed by atoms with Gasteiger partial charge < -0.3 is 20.5 Å². The van der Waals surface area contributed by atoms with Crippen LogP contribution in [0.4, 0.5) is 10.5 Å². The number of aliphatic hydroxyl groups excluding tert-OH is 1. The molecule has 5 heteroatoms. The number of hydrogen-bond donors (Lipinski definition) is 3. The van der Waals surface area contributed by atoms with Gasteiger partial charge in [-0.05, 0) is 29.7 Å². The number of aryl methyl sites for hydroxylation is 1. The molecule has 0 bridgehead atoms. The summed E-state index contributed by atoms with van der Waals surface area (Å²) in [6.45, 7) is 1.91. The summed E-state index contributed by atoms with van der Waals surface area (Å²) in [5.74, 6) is 0.678. The number of anilines is 1. The number of amides is 2. The second kappa shape index (κ2) is 6.30. The average Bonchev–Trinajstić information content (AvgIpc) is 2.85. The summed E-state index contributed by atoms with van der Waals surface area (Å²) >= 11 is 0. The van der Waals surface area contributed by atoms with Crippen LogP contribution in [0.3, 0.4) is 0 Å². The molecule has 0 heterocycles. The number of benzene rings is 2. The molecular weight excluding hydrogens is 292 g/mol. The highest BCUT2D eigenvalue weighted by Crippen LogP contribution is 2.31. The Morgan fingerprint density at radius 2 is 2.04 bits per heavy atom. The molecule has 0 aromatic heterocycles. The van der Waals surface area contributed by atoms with Crippen LogP contribution in [0.2, 0.25) is 0 Å². The quantitative estimate of drug-likeness (QED) is 0.816. The highest BCUT2D eigenvalue weighted by atomic mass is 16.5. The summed E-state index contributed by atoms with van der Waals surface area (Å²) in [5.41, 5.74) is 3.66. The molecule has 3 N–H and O–H groups in total. The number of nitrogens with one attached hydrogen (secondary N) is 2. The number of carbonyl (C=O) groups excluding carboxylic acids is 1. The molecule has 1 aliphatic rings. The zero-order chi connectivity index (χ0) is 16.4. The maximum atomic E-state index is 12.3. The molecular formula is C18H20N2O3. The van der Waals surface area contributed by atoms with Crippen molar-refractivity contribution in [2.24, 2.45) is 0 Å². The third-order valence-corrected chi connectivity index (χ3v) is 4.18. The monoisotopic (exact) mass is 312 g/mol. The summed E-state index contributed by atoms with van der Waals surface area (Å²) < 4.78 is 5.18. The van der Waals surface area contributed by atoms with Crippen molar-refractivity contribution in [2.75, 3.05) is 12.4 Å². The molecule has 0 spiro atoms. The van der Waals surface area contributed by atoms with E-state index in [1.54, 1.807) is 13.2 Å². The van der Waals surface area contributed by atoms with Crippen LogP contribution in [-0.2, 0) is 6.42 Å². The first-order valence-electron chi connectivity index (χ1n) is 7.56. The molecule has 23 heavy (non-hydrogen) atoms. The van der Waals surface area contributed by atoms with Crippen LogP contribution in [-0.4, -0.2) is 24.4 Å². The molecule has 2 atom stereocenters. The van der Waals surface area contributed by atoms with Gasteiger partial charge in [0, 0.05) is 18.2 Å². The van der Waals surface area contributed by atoms with Crippen LogP contribution < -0.4 is 15.4 Å². The van der Waals surface area contributed by atoms with Gasteiger partial charge in [0.2, 0.25) is 0 Å². The first-order valence-corrected chi connectivity index (χ1v) is 7.56. The zero-order valence-electron chi connectivity index (χ0n) is 13.2. The highest BCUT2D eigenvalue weighted by Gasteiger charge is 2.31. The first-order chi connectivity index (χ1) is 11.1. The van der Waals surface area contributed by atoms with Crippen molar-refractivity contribution in [2.45, 2.75) is 25.5 Å². The fourth-order valence-corrected chi connectivity index (χ4v) is 2.91. The first kappa shape index (κ1) is 15.4. The smallest absolute Gasteiger partial charge is 0.319 e. The van der Waals surface area contributed by atoms with Gasteiger partial charge >= 0.3 is 6.03 Å². The van der Waals surface area contributed by atoms with E-state index in [0.29, 0.717) is 17.9 Å². The molecule has 0 aliphatic heterocycles. The molecule has 0 fully saturated rings. The average molecular weight is 312 g/mol. The molecule has 0 unspecified atom stereocenters. The van der Waals surface area contributed by atoms with Crippen molar-refractivity contribution in [3.05, 3.63) is 59.2 Å². The van der Waals surface area contributed by atoms with Gasteiger partial charge in [0.25, 0.3) is 0 Å². The Hall–Kier alpha value is -2.53. The largest absolute Gasteiger partial charge is 0.497 e. The molecule has 0 radical (unpaired) electrons. The maximum Gasteiger partial charge on any atom is 0.319 e. The lowest BCUT2D eigenvalue weighted by Gasteiger charge is -2.19. The number of aliphatic hydroxyl groups is 1. The van der Waals surface area contributed by atoms with Crippen LogP contribution in [0.15, 0.2) is 42.5 Å². The number of methoxy groups -OCH3 is 1. The fourth-order valence-electron chi connectivity index (χ4n) is 2.91. The summed E-state index contributed by atoms with van der Waals surface area (Å²) in [6, 6.07) is 12.5. The Morgan fingerprint density at radius 1 is 1.26 bits per heavy atom. The van der Waals surface area contributed by atoms with Crippen molar-refractivity contribution in [1.29, 1.82) is 0 Å². The lowest BCUT2D eigenvalue weighted by molar-refractivity contribution is 0.144. The van der Waals surface area contributed by atoms with Crippen molar-refractivity contribution in [3.63, 3.8) is 0 Å². The van der Waals surface area contributed by atoms with Crippen molar-refractivity contribution in [1.82, 2.24) is 5.32 Å². The molecule has 0 saturated heterocycles. The van der Waals surface area contributed by atoms with Crippen molar-refractivity contribution >= 4 is 11.7 Å². The van der Waals surface area contributed by atoms with E-state index in [2.05, 4.69) is 10.6 Å². The Morgan fingerprint density at radius 3 is 2.83 bits per heavy atom. The number of rotatable bonds is 3. The number of carbonyl (C=O) groups is 1. The Balaban J connectivity index is 1.73. The Bertz CT molecular complexity index is 730. The lowest BCUT2D eigenvalue weighted by atomic mass is 10.1. The Labute approximate surface area is 135 Å². The fraction of sp³-hybridized carbons (Fsp3) is 0.278. The van der Waals surface area contributed by atoms with Gasteiger partial charge in [-0.2, -0.15) is 0 Å². The predicted octanol–water partition coefficient (Wildman–Crippen LogP) is 2.78. The van der Waals surface area contributed by atoms with Crippen molar-refractivity contribution < 1.29 is 14.6 Å². The van der Waals surface area contributed by atoms with Gasteiger partial charge in [0.05, 0.1) is 19.3 Å². The van der Waals surface area contributed by atoms with E-state index in [4.69, 9.17) is 4.74 Å². The minimum Gasteiger partial charge on any atom is -0.497 e. The van der Waals surface area contributed by atoms with E-state index in [1.807, 2.05) is 43.3 Å². The topological polar surface area (TPSA) is 70.6 Å². The number of ether oxygens (including phenoxy) is 1. The SMILES string of the molecule is COc1ccc(C)c(NC(=O)N[C@@H]2c3ccccc3C[C@@H]2O)c1. The molecule has 0 saturated carbocycles. The second-order valence-corrected chi connectivity index (χ2v) is 5.73. The van der Waals surface area contributed by atoms with Crippen LogP contribution in [0.5, 0.6) is 5.75 Å². The highest BCUT2D eigenvalue weighted by molar-refractivity contribution is 5.90. The van der Waals surface area contributed by atoms with Gasteiger partial charge in [-0.1, -0.05) is 30.3 Å². The van der Waals surface area contributed by atoms with Crippen molar-refractivity contribution in [3.8, 4) is 5.75 Å². The minimum atomic E-state index is -0.607. The van der Waals surface area contributed by atoms with E-state index in [-0.39, 0.29) is 6.03 Å². The van der Waals surface area contributed by atoms with E-state index < -0.39 is 12.1 Å². The molecule has 5 nitrogen and oxygen atoms in total. The van der Waals surface area contributed by atoms with E-state index in [9.17, 15) is 9.90 Å². The van der Waals surface area contributed by atoms with E-state index in [0.717, 1.165) is 16.7 Å². The molecule has 2 aromatic carbocycles. The van der Waals surface area contributed by atoms with E-state index >= 15 is 0 Å². The van der Waals surface area contributed by atoms with E-state index in [1.165, 1.54) is 0 Å². The van der Waals surface area contributed by atoms with Crippen LogP contribution >= 0.6 is 0 Å². The summed E-state index contributed by atoms with van der Waals surface area (Å²) in [4.78, 5) is 12.3. The minimum absolute atomic E-state index is 0.345. The number of hydrogen-bond acceptors (Lipinski definition) is 3. The molecule has 3 rings (SSSR count). The predicted molar refractivity (Wildman–Crippen MR) is 88.8 cm³/mol. The van der Waals surface area contributed by atoms with Crippen LogP contribution in [0.25, 0.3) is 0 Å². The standard InChI is InChI=1S/C18H20N2O3/c1-11-7-8-13(23-2)10-15(11)19-18(22)20-17-14-6-4-3-5-12(14)9-16(17)21/h3-8,10,16-17,21H,9H2,1-2H3,(H2,19,20,22)/t16-,17+/m0/s1. The molecule has 1 aliphatic carbocycles. The summed E-state index contributed by atoms with van der Waals surface area (Å²) in [5, 5.41) is 15.9. The molecule has 120 valence electrons. The summed E-state index contributed by atoms with van der Waals surface area (Å²) in [6.07, 6.45) is -0.0520. The molecule has 2 amide bonds. The van der Waals surface area contributed by atoms with Gasteiger partial charge in [-0.3, -0.25) is 0 Å². The van der Waals surface area contributed by atoms with Crippen LogP contribution in [0.1, 0.15) is 22.7 Å². The maximum absolute atomic E-state index is 12.3. The Kier molecular flexibility index (Phi) is 4.21. The number of urea groups is 1. The second-order valence-electron chi connectivity index (χ2n) is 5.73. The third-order valence-electron chi connectivity index (χ3n) is 4.18. The van der Waals surface area contributed by atoms with Gasteiger partial charge in [0.1, 0.15) is 5.75 Å².